The van der Waals surface area contributed by atoms with Crippen molar-refractivity contribution in [1.82, 2.24) is 10.2 Å². The van der Waals surface area contributed by atoms with E-state index in [0.717, 1.165) is 17.0 Å². The van der Waals surface area contributed by atoms with Gasteiger partial charge in [0.05, 0.1) is 5.60 Å². The van der Waals surface area contributed by atoms with E-state index >= 15 is 0 Å². The number of rotatable bonds is 6. The van der Waals surface area contributed by atoms with Crippen LogP contribution in [0.4, 0.5) is 5.82 Å². The lowest BCUT2D eigenvalue weighted by molar-refractivity contribution is -0.131. The first-order valence-electron chi connectivity index (χ1n) is 11.0. The minimum absolute atomic E-state index is 0.356. The van der Waals surface area contributed by atoms with Crippen LogP contribution in [0.3, 0.4) is 0 Å². The van der Waals surface area contributed by atoms with Crippen LogP contribution in [0.5, 0.6) is 5.75 Å². The molecule has 1 aromatic heterocycles. The van der Waals surface area contributed by atoms with Crippen molar-refractivity contribution in [3.63, 3.8) is 0 Å². The van der Waals surface area contributed by atoms with Crippen molar-refractivity contribution in [3.8, 4) is 17.6 Å². The topological polar surface area (TPSA) is 75.6 Å². The Kier molecular flexibility index (Phi) is 8.17. The van der Waals surface area contributed by atoms with Crippen LogP contribution < -0.4 is 9.64 Å². The summed E-state index contributed by atoms with van der Waals surface area (Å²) in [5.41, 5.74) is 1.66. The number of esters is 1. The molecule has 2 aromatic rings. The smallest absolute Gasteiger partial charge is 0.308 e. The second-order valence-electron chi connectivity index (χ2n) is 8.00. The highest BCUT2D eigenvalue weighted by molar-refractivity contribution is 5.69. The fraction of sp³-hybridized carbons (Fsp3) is 0.296. The minimum Gasteiger partial charge on any atom is -0.427 e. The summed E-state index contributed by atoms with van der Waals surface area (Å²) in [5.74, 6) is 6.94. The molecule has 2 heterocycles. The zero-order chi connectivity index (χ0) is 23.7. The molecule has 1 aromatic carbocycles. The molecular weight excluding hydrogens is 414 g/mol. The van der Waals surface area contributed by atoms with Crippen molar-refractivity contribution in [2.24, 2.45) is 0 Å². The first-order valence-corrected chi connectivity index (χ1v) is 11.0. The van der Waals surface area contributed by atoms with Crippen LogP contribution in [0.25, 0.3) is 0 Å². The lowest BCUT2D eigenvalue weighted by Crippen LogP contribution is -2.45. The third-order valence-electron chi connectivity index (χ3n) is 5.42. The molecule has 1 N–H and O–H groups in total. The molecule has 0 amide bonds. The fourth-order valence-electron chi connectivity index (χ4n) is 3.60. The number of carbonyl (C=O) groups is 1. The first kappa shape index (κ1) is 24.0. The van der Waals surface area contributed by atoms with Crippen molar-refractivity contribution in [1.29, 1.82) is 0 Å². The van der Waals surface area contributed by atoms with Gasteiger partial charge in [0.2, 0.25) is 0 Å². The summed E-state index contributed by atoms with van der Waals surface area (Å²) in [6.07, 6.45) is 9.64. The second kappa shape index (κ2) is 11.3. The Labute approximate surface area is 195 Å². The van der Waals surface area contributed by atoms with Crippen LogP contribution in [0, 0.1) is 11.8 Å². The van der Waals surface area contributed by atoms with Gasteiger partial charge in [0.1, 0.15) is 11.4 Å². The molecule has 0 bridgehead atoms. The maximum Gasteiger partial charge on any atom is 0.308 e. The molecule has 3 rings (SSSR count). The van der Waals surface area contributed by atoms with Gasteiger partial charge in [0.15, 0.2) is 5.82 Å². The lowest BCUT2D eigenvalue weighted by Gasteiger charge is -2.38. The maximum absolute atomic E-state index is 11.0. The molecule has 0 saturated carbocycles. The number of piperidine rings is 1. The van der Waals surface area contributed by atoms with E-state index < -0.39 is 5.60 Å². The van der Waals surface area contributed by atoms with Crippen LogP contribution in [-0.4, -0.2) is 40.0 Å². The number of hydrogen-bond acceptors (Lipinski definition) is 6. The van der Waals surface area contributed by atoms with Gasteiger partial charge in [-0.2, -0.15) is 0 Å². The van der Waals surface area contributed by atoms with Crippen molar-refractivity contribution >= 4 is 11.8 Å². The predicted molar refractivity (Wildman–Crippen MR) is 130 cm³/mol. The van der Waals surface area contributed by atoms with Crippen LogP contribution in [0.2, 0.25) is 0 Å². The molecule has 6 heteroatoms. The van der Waals surface area contributed by atoms with Gasteiger partial charge in [-0.05, 0) is 67.7 Å². The van der Waals surface area contributed by atoms with Gasteiger partial charge in [-0.25, -0.2) is 0 Å². The van der Waals surface area contributed by atoms with Crippen LogP contribution >= 0.6 is 0 Å². The molecule has 0 spiro atoms. The Morgan fingerprint density at radius 2 is 1.91 bits per heavy atom. The van der Waals surface area contributed by atoms with E-state index in [9.17, 15) is 9.90 Å². The Morgan fingerprint density at radius 1 is 1.18 bits per heavy atom. The summed E-state index contributed by atoms with van der Waals surface area (Å²) in [4.78, 5) is 13.1. The van der Waals surface area contributed by atoms with E-state index in [-0.39, 0.29) is 5.97 Å². The summed E-state index contributed by atoms with van der Waals surface area (Å²) in [6.45, 7) is 8.60. The van der Waals surface area contributed by atoms with Gasteiger partial charge in [-0.3, -0.25) is 4.79 Å². The molecule has 0 radical (unpaired) electrons. The third kappa shape index (κ3) is 7.16. The Balaban J connectivity index is 1.58. The lowest BCUT2D eigenvalue weighted by atomic mass is 9.85. The van der Waals surface area contributed by atoms with Crippen molar-refractivity contribution in [2.45, 2.75) is 38.7 Å². The quantitative estimate of drug-likeness (QED) is 0.312. The van der Waals surface area contributed by atoms with E-state index in [4.69, 9.17) is 4.74 Å². The number of aromatic nitrogens is 2. The molecule has 0 unspecified atom stereocenters. The standard InChI is InChI=1S/C27H29N3O3/c1-4-6-7-22(5-2)20-27(32)16-18-30(19-17-27)26-15-12-24(28-29-26)11-8-23-9-13-25(14-10-23)33-21(3)31/h4-7,9-10,12-15,32H,2,16-20H2,1,3H3/b6-4-,22-7+. The highest BCUT2D eigenvalue weighted by Crippen LogP contribution is 2.30. The Morgan fingerprint density at radius 3 is 2.48 bits per heavy atom. The van der Waals surface area contributed by atoms with Crippen molar-refractivity contribution < 1.29 is 14.6 Å². The number of hydrogen-bond donors (Lipinski definition) is 1. The maximum atomic E-state index is 11.0. The molecule has 1 fully saturated rings. The van der Waals surface area contributed by atoms with Crippen molar-refractivity contribution in [3.05, 3.63) is 84.1 Å². The molecule has 33 heavy (non-hydrogen) atoms. The van der Waals surface area contributed by atoms with E-state index in [1.54, 1.807) is 24.3 Å². The number of carbonyl (C=O) groups excluding carboxylic acids is 1. The summed E-state index contributed by atoms with van der Waals surface area (Å²) in [5, 5.41) is 19.6. The van der Waals surface area contributed by atoms with Gasteiger partial charge in [-0.15, -0.1) is 10.2 Å². The first-order chi connectivity index (χ1) is 15.9. The summed E-state index contributed by atoms with van der Waals surface area (Å²) in [7, 11) is 0. The molecule has 0 aliphatic carbocycles. The molecule has 1 saturated heterocycles. The molecule has 6 nitrogen and oxygen atoms in total. The molecule has 1 aliphatic rings. The van der Waals surface area contributed by atoms with Gasteiger partial charge in [-0.1, -0.05) is 36.8 Å². The van der Waals surface area contributed by atoms with Gasteiger partial charge >= 0.3 is 5.97 Å². The third-order valence-corrected chi connectivity index (χ3v) is 5.42. The second-order valence-corrected chi connectivity index (χ2v) is 8.00. The van der Waals surface area contributed by atoms with Crippen LogP contribution in [0.1, 0.15) is 44.4 Å². The molecule has 0 atom stereocenters. The average Bonchev–Trinajstić information content (AvgIpc) is 2.82. The highest BCUT2D eigenvalue weighted by Gasteiger charge is 2.33. The van der Waals surface area contributed by atoms with E-state index in [0.29, 0.717) is 43.8 Å². The zero-order valence-corrected chi connectivity index (χ0v) is 19.1. The summed E-state index contributed by atoms with van der Waals surface area (Å²) >= 11 is 0. The number of aliphatic hydroxyl groups is 1. The predicted octanol–water partition coefficient (Wildman–Crippen LogP) is 4.21. The summed E-state index contributed by atoms with van der Waals surface area (Å²) < 4.78 is 5.02. The SMILES string of the molecule is C=C/C(=C\C=C/C)CC1(O)CCN(c2ccc(C#Cc3ccc(OC(C)=O)cc3)nn2)CC1. The largest absolute Gasteiger partial charge is 0.427 e. The highest BCUT2D eigenvalue weighted by atomic mass is 16.5. The Bertz CT molecular complexity index is 1080. The van der Waals surface area contributed by atoms with E-state index in [1.807, 2.05) is 43.4 Å². The van der Waals surface area contributed by atoms with Crippen LogP contribution in [-0.2, 0) is 4.79 Å². The molecular formula is C27H29N3O3. The average molecular weight is 444 g/mol. The number of nitrogens with zero attached hydrogens (tertiary/aromatic N) is 3. The summed E-state index contributed by atoms with van der Waals surface area (Å²) in [6, 6.07) is 10.7. The van der Waals surface area contributed by atoms with Gasteiger partial charge in [0, 0.05) is 32.0 Å². The minimum atomic E-state index is -0.734. The zero-order valence-electron chi connectivity index (χ0n) is 19.1. The monoisotopic (exact) mass is 443 g/mol. The van der Waals surface area contributed by atoms with Crippen LogP contribution in [0.15, 0.2) is 72.9 Å². The number of ether oxygens (including phenoxy) is 1. The fourth-order valence-corrected chi connectivity index (χ4v) is 3.60. The van der Waals surface area contributed by atoms with E-state index in [1.165, 1.54) is 6.92 Å². The number of benzene rings is 1. The molecule has 170 valence electrons. The van der Waals surface area contributed by atoms with Crippen molar-refractivity contribution in [2.75, 3.05) is 18.0 Å². The number of anilines is 1. The normalized spacial score (nSPS) is 15.6. The van der Waals surface area contributed by atoms with Gasteiger partial charge in [0.25, 0.3) is 0 Å². The van der Waals surface area contributed by atoms with E-state index in [2.05, 4.69) is 33.5 Å². The Hall–Kier alpha value is -3.69. The number of allylic oxidation sites excluding steroid dienone is 4. The molecule has 1 aliphatic heterocycles. The van der Waals surface area contributed by atoms with Gasteiger partial charge < -0.3 is 14.7 Å².